The lowest BCUT2D eigenvalue weighted by atomic mass is 10.2. The van der Waals surface area contributed by atoms with Crippen molar-refractivity contribution in [3.63, 3.8) is 0 Å². The number of nitrogens with one attached hydrogen (secondary N) is 1. The fourth-order valence-electron chi connectivity index (χ4n) is 2.39. The van der Waals surface area contributed by atoms with Gasteiger partial charge >= 0.3 is 0 Å². The fraction of sp³-hybridized carbons (Fsp3) is 0.211. The lowest BCUT2D eigenvalue weighted by Crippen LogP contribution is -2.20. The zero-order chi connectivity index (χ0) is 19.2. The Kier molecular flexibility index (Phi) is 6.52. The van der Waals surface area contributed by atoms with E-state index in [0.717, 1.165) is 15.6 Å². The van der Waals surface area contributed by atoms with Gasteiger partial charge in [0.05, 0.1) is 5.69 Å². The van der Waals surface area contributed by atoms with Crippen LogP contribution in [0.3, 0.4) is 0 Å². The van der Waals surface area contributed by atoms with Gasteiger partial charge < -0.3 is 10.1 Å². The van der Waals surface area contributed by atoms with Crippen LogP contribution in [0.1, 0.15) is 12.5 Å². The molecule has 0 saturated heterocycles. The van der Waals surface area contributed by atoms with Gasteiger partial charge in [-0.3, -0.25) is 4.79 Å². The summed E-state index contributed by atoms with van der Waals surface area (Å²) in [6.45, 7) is 4.60. The number of nitrogens with zero attached hydrogens (tertiary/aromatic N) is 3. The van der Waals surface area contributed by atoms with Gasteiger partial charge in [-0.2, -0.15) is 4.98 Å². The topological polar surface area (TPSA) is 69.0 Å². The van der Waals surface area contributed by atoms with E-state index < -0.39 is 0 Å². The number of amides is 1. The number of carbonyl (C=O) groups excluding carboxylic acids is 1. The lowest BCUT2D eigenvalue weighted by molar-refractivity contribution is -0.118. The molecule has 0 aliphatic rings. The summed E-state index contributed by atoms with van der Waals surface area (Å²) in [4.78, 5) is 17.6. The molecule has 0 fully saturated rings. The zero-order valence-electron chi connectivity index (χ0n) is 15.0. The molecule has 140 valence electrons. The number of carbonyl (C=O) groups is 1. The van der Waals surface area contributed by atoms with E-state index in [4.69, 9.17) is 4.74 Å². The van der Waals surface area contributed by atoms with Crippen molar-refractivity contribution in [1.82, 2.24) is 14.8 Å². The van der Waals surface area contributed by atoms with Gasteiger partial charge in [0.15, 0.2) is 11.8 Å². The summed E-state index contributed by atoms with van der Waals surface area (Å²) in [5, 5.41) is 7.94. The third kappa shape index (κ3) is 5.11. The molecule has 3 aromatic rings. The number of aryl methyl sites for hydroxylation is 2. The lowest BCUT2D eigenvalue weighted by Gasteiger charge is -2.12. The van der Waals surface area contributed by atoms with Crippen molar-refractivity contribution in [1.29, 1.82) is 0 Å². The van der Waals surface area contributed by atoms with E-state index in [1.807, 2.05) is 62.4 Å². The van der Waals surface area contributed by atoms with Crippen LogP contribution in [0.25, 0.3) is 0 Å². The fourth-order valence-corrected chi connectivity index (χ4v) is 3.84. The molecule has 27 heavy (non-hydrogen) atoms. The van der Waals surface area contributed by atoms with Crippen molar-refractivity contribution < 1.29 is 9.53 Å². The SMILES string of the molecule is CCn1nc(Br)nc1Sc1ccccc1NC(=O)COc1ccccc1C. The van der Waals surface area contributed by atoms with Crippen molar-refractivity contribution in [2.45, 2.75) is 30.4 Å². The molecule has 0 aliphatic heterocycles. The molecule has 6 nitrogen and oxygen atoms in total. The molecule has 0 unspecified atom stereocenters. The van der Waals surface area contributed by atoms with Crippen molar-refractivity contribution >= 4 is 39.3 Å². The minimum absolute atomic E-state index is 0.0550. The maximum Gasteiger partial charge on any atom is 0.262 e. The van der Waals surface area contributed by atoms with Gasteiger partial charge in [0, 0.05) is 11.4 Å². The van der Waals surface area contributed by atoms with Crippen LogP contribution < -0.4 is 10.1 Å². The molecular formula is C19H19BrN4O2S. The second-order valence-corrected chi connectivity index (χ2v) is 7.40. The largest absolute Gasteiger partial charge is 0.483 e. The number of ether oxygens (including phenoxy) is 1. The molecule has 3 rings (SSSR count). The summed E-state index contributed by atoms with van der Waals surface area (Å²) in [5.41, 5.74) is 1.70. The van der Waals surface area contributed by atoms with Crippen LogP contribution in [0.15, 0.2) is 63.3 Å². The van der Waals surface area contributed by atoms with E-state index >= 15 is 0 Å². The van der Waals surface area contributed by atoms with Crippen molar-refractivity contribution in [3.05, 3.63) is 58.8 Å². The van der Waals surface area contributed by atoms with Gasteiger partial charge in [-0.25, -0.2) is 4.68 Å². The molecule has 0 atom stereocenters. The van der Waals surface area contributed by atoms with Gasteiger partial charge in [-0.1, -0.05) is 30.3 Å². The number of hydrogen-bond donors (Lipinski definition) is 1. The highest BCUT2D eigenvalue weighted by Gasteiger charge is 2.13. The Balaban J connectivity index is 1.68. The Morgan fingerprint density at radius 1 is 1.22 bits per heavy atom. The minimum Gasteiger partial charge on any atom is -0.483 e. The summed E-state index contributed by atoms with van der Waals surface area (Å²) >= 11 is 4.75. The third-order valence-corrected chi connectivity index (χ3v) is 5.12. The number of hydrogen-bond acceptors (Lipinski definition) is 5. The number of para-hydroxylation sites is 2. The first-order valence-electron chi connectivity index (χ1n) is 8.42. The maximum atomic E-state index is 12.3. The number of aromatic nitrogens is 3. The van der Waals surface area contributed by atoms with Crippen LogP contribution in [0.4, 0.5) is 5.69 Å². The first-order chi connectivity index (χ1) is 13.1. The summed E-state index contributed by atoms with van der Waals surface area (Å²) in [6.07, 6.45) is 0. The van der Waals surface area contributed by atoms with E-state index in [-0.39, 0.29) is 12.5 Å². The Hall–Kier alpha value is -2.32. The summed E-state index contributed by atoms with van der Waals surface area (Å²) in [7, 11) is 0. The molecule has 0 aliphatic carbocycles. The first-order valence-corrected chi connectivity index (χ1v) is 10.0. The standard InChI is InChI=1S/C19H19BrN4O2S/c1-3-24-19(22-18(20)23-24)27-16-11-7-5-9-14(16)21-17(25)12-26-15-10-6-4-8-13(15)2/h4-11H,3,12H2,1-2H3,(H,21,25). The quantitative estimate of drug-likeness (QED) is 0.576. The molecule has 8 heteroatoms. The third-order valence-electron chi connectivity index (χ3n) is 3.73. The highest BCUT2D eigenvalue weighted by Crippen LogP contribution is 2.33. The highest BCUT2D eigenvalue weighted by molar-refractivity contribution is 9.10. The average molecular weight is 447 g/mol. The molecule has 0 radical (unpaired) electrons. The minimum atomic E-state index is -0.218. The Morgan fingerprint density at radius 2 is 1.96 bits per heavy atom. The molecule has 0 saturated carbocycles. The Bertz CT molecular complexity index is 945. The number of anilines is 1. The molecular weight excluding hydrogens is 428 g/mol. The van der Waals surface area contributed by atoms with Crippen molar-refractivity contribution in [3.8, 4) is 5.75 Å². The summed E-state index contributed by atoms with van der Waals surface area (Å²) < 4.78 is 7.96. The predicted octanol–water partition coefficient (Wildman–Crippen LogP) is 4.54. The van der Waals surface area contributed by atoms with E-state index in [0.29, 0.717) is 22.7 Å². The Labute approximate surface area is 170 Å². The molecule has 0 spiro atoms. The van der Waals surface area contributed by atoms with Gasteiger partial charge in [0.1, 0.15) is 5.75 Å². The average Bonchev–Trinajstić information content (AvgIpc) is 3.02. The van der Waals surface area contributed by atoms with Gasteiger partial charge in [0.25, 0.3) is 5.91 Å². The molecule has 2 aromatic carbocycles. The molecule has 1 heterocycles. The second kappa shape index (κ2) is 9.05. The molecule has 1 amide bonds. The highest BCUT2D eigenvalue weighted by atomic mass is 79.9. The van der Waals surface area contributed by atoms with Crippen LogP contribution in [0.5, 0.6) is 5.75 Å². The van der Waals surface area contributed by atoms with Crippen LogP contribution in [0, 0.1) is 6.92 Å². The van der Waals surface area contributed by atoms with Crippen molar-refractivity contribution in [2.75, 3.05) is 11.9 Å². The van der Waals surface area contributed by atoms with E-state index in [1.54, 1.807) is 4.68 Å². The number of halogens is 1. The molecule has 0 bridgehead atoms. The van der Waals surface area contributed by atoms with Crippen LogP contribution in [-0.2, 0) is 11.3 Å². The predicted molar refractivity (Wildman–Crippen MR) is 109 cm³/mol. The maximum absolute atomic E-state index is 12.3. The first kappa shape index (κ1) is 19.4. The van der Waals surface area contributed by atoms with E-state index in [9.17, 15) is 4.79 Å². The molecule has 1 N–H and O–H groups in total. The zero-order valence-corrected chi connectivity index (χ0v) is 17.4. The van der Waals surface area contributed by atoms with Crippen LogP contribution >= 0.6 is 27.7 Å². The van der Waals surface area contributed by atoms with E-state index in [2.05, 4.69) is 31.3 Å². The molecule has 1 aromatic heterocycles. The Morgan fingerprint density at radius 3 is 2.74 bits per heavy atom. The van der Waals surface area contributed by atoms with Gasteiger partial charge in [-0.15, -0.1) is 5.10 Å². The second-order valence-electron chi connectivity index (χ2n) is 5.68. The smallest absolute Gasteiger partial charge is 0.262 e. The normalized spacial score (nSPS) is 10.6. The van der Waals surface area contributed by atoms with Crippen LogP contribution in [0.2, 0.25) is 0 Å². The number of benzene rings is 2. The number of rotatable bonds is 7. The van der Waals surface area contributed by atoms with E-state index in [1.165, 1.54) is 11.8 Å². The summed E-state index contributed by atoms with van der Waals surface area (Å²) in [6, 6.07) is 15.2. The van der Waals surface area contributed by atoms with Crippen LogP contribution in [-0.4, -0.2) is 27.3 Å². The van der Waals surface area contributed by atoms with Gasteiger partial charge in [-0.05, 0) is 65.3 Å². The van der Waals surface area contributed by atoms with Gasteiger partial charge in [0.2, 0.25) is 4.73 Å². The summed E-state index contributed by atoms with van der Waals surface area (Å²) in [5.74, 6) is 0.487. The monoisotopic (exact) mass is 446 g/mol. The van der Waals surface area contributed by atoms with Crippen molar-refractivity contribution in [2.24, 2.45) is 0 Å².